The van der Waals surface area contributed by atoms with Crippen LogP contribution in [0, 0.1) is 17.8 Å². The van der Waals surface area contributed by atoms with Gasteiger partial charge in [0.05, 0.1) is 5.69 Å². The van der Waals surface area contributed by atoms with E-state index in [1.54, 1.807) is 6.26 Å². The highest BCUT2D eigenvalue weighted by molar-refractivity contribution is 5.01. The molecule has 1 aromatic heterocycles. The SMILES string of the molecule is CC1CCC(C(C)C)C(Oc2nc(CNC3CC3)co2)C1. The van der Waals surface area contributed by atoms with Gasteiger partial charge in [0, 0.05) is 12.6 Å². The van der Waals surface area contributed by atoms with Crippen LogP contribution in [0.5, 0.6) is 6.08 Å². The van der Waals surface area contributed by atoms with Crippen LogP contribution in [0.3, 0.4) is 0 Å². The molecule has 0 aliphatic heterocycles. The molecule has 1 heterocycles. The van der Waals surface area contributed by atoms with E-state index in [9.17, 15) is 0 Å². The van der Waals surface area contributed by atoms with E-state index in [0.29, 0.717) is 24.0 Å². The lowest BCUT2D eigenvalue weighted by Gasteiger charge is -2.36. The molecule has 0 saturated heterocycles. The highest BCUT2D eigenvalue weighted by Gasteiger charge is 2.33. The first-order valence-corrected chi connectivity index (χ1v) is 8.46. The van der Waals surface area contributed by atoms with Gasteiger partial charge in [-0.25, -0.2) is 0 Å². The highest BCUT2D eigenvalue weighted by atomic mass is 16.6. The molecule has 0 spiro atoms. The topological polar surface area (TPSA) is 47.3 Å². The minimum atomic E-state index is 0.247. The summed E-state index contributed by atoms with van der Waals surface area (Å²) in [4.78, 5) is 4.47. The van der Waals surface area contributed by atoms with Crippen LogP contribution in [0.2, 0.25) is 0 Å². The second-order valence-corrected chi connectivity index (χ2v) is 7.24. The van der Waals surface area contributed by atoms with E-state index in [0.717, 1.165) is 24.6 Å². The first-order valence-electron chi connectivity index (χ1n) is 8.46. The number of oxazole rings is 1. The van der Waals surface area contributed by atoms with Crippen molar-refractivity contribution in [2.45, 2.75) is 71.6 Å². The number of nitrogens with zero attached hydrogens (tertiary/aromatic N) is 1. The Morgan fingerprint density at radius 2 is 2.14 bits per heavy atom. The fourth-order valence-corrected chi connectivity index (χ4v) is 3.34. The molecule has 4 nitrogen and oxygen atoms in total. The molecule has 2 aliphatic rings. The molecule has 118 valence electrons. The average molecular weight is 292 g/mol. The normalized spacial score (nSPS) is 29.8. The first-order chi connectivity index (χ1) is 10.1. The quantitative estimate of drug-likeness (QED) is 0.867. The number of hydrogen-bond acceptors (Lipinski definition) is 4. The van der Waals surface area contributed by atoms with Crippen molar-refractivity contribution >= 4 is 0 Å². The van der Waals surface area contributed by atoms with E-state index in [1.807, 2.05) is 0 Å². The number of hydrogen-bond donors (Lipinski definition) is 1. The predicted octanol–water partition coefficient (Wildman–Crippen LogP) is 3.77. The lowest BCUT2D eigenvalue weighted by molar-refractivity contribution is 0.0245. The molecule has 21 heavy (non-hydrogen) atoms. The van der Waals surface area contributed by atoms with Gasteiger partial charge < -0.3 is 14.5 Å². The van der Waals surface area contributed by atoms with Crippen molar-refractivity contribution in [1.82, 2.24) is 10.3 Å². The zero-order chi connectivity index (χ0) is 14.8. The average Bonchev–Trinajstić information content (AvgIpc) is 3.16. The number of nitrogens with one attached hydrogen (secondary N) is 1. The van der Waals surface area contributed by atoms with Gasteiger partial charge in [-0.1, -0.05) is 27.2 Å². The first kappa shape index (κ1) is 14.9. The highest BCUT2D eigenvalue weighted by Crippen LogP contribution is 2.35. The van der Waals surface area contributed by atoms with Gasteiger partial charge in [0.25, 0.3) is 0 Å². The van der Waals surface area contributed by atoms with Crippen LogP contribution in [0.1, 0.15) is 58.6 Å². The largest absolute Gasteiger partial charge is 0.447 e. The van der Waals surface area contributed by atoms with Crippen molar-refractivity contribution in [1.29, 1.82) is 0 Å². The van der Waals surface area contributed by atoms with Gasteiger partial charge in [-0.2, -0.15) is 4.98 Å². The molecule has 3 unspecified atom stereocenters. The van der Waals surface area contributed by atoms with Crippen molar-refractivity contribution in [3.05, 3.63) is 12.0 Å². The van der Waals surface area contributed by atoms with Crippen LogP contribution in [0.15, 0.2) is 10.7 Å². The lowest BCUT2D eigenvalue weighted by Crippen LogP contribution is -2.36. The smallest absolute Gasteiger partial charge is 0.394 e. The number of rotatable bonds is 6. The Kier molecular flexibility index (Phi) is 4.53. The van der Waals surface area contributed by atoms with Gasteiger partial charge in [0.15, 0.2) is 0 Å². The third-order valence-corrected chi connectivity index (χ3v) is 4.89. The van der Waals surface area contributed by atoms with Gasteiger partial charge in [-0.3, -0.25) is 0 Å². The Labute approximate surface area is 127 Å². The van der Waals surface area contributed by atoms with E-state index < -0.39 is 0 Å². The molecule has 2 saturated carbocycles. The van der Waals surface area contributed by atoms with Gasteiger partial charge in [-0.15, -0.1) is 0 Å². The monoisotopic (exact) mass is 292 g/mol. The summed E-state index contributed by atoms with van der Waals surface area (Å²) in [7, 11) is 0. The predicted molar refractivity (Wildman–Crippen MR) is 82.1 cm³/mol. The third kappa shape index (κ3) is 4.00. The van der Waals surface area contributed by atoms with Crippen LogP contribution < -0.4 is 10.1 Å². The molecule has 3 atom stereocenters. The zero-order valence-corrected chi connectivity index (χ0v) is 13.5. The van der Waals surface area contributed by atoms with E-state index in [4.69, 9.17) is 9.15 Å². The van der Waals surface area contributed by atoms with Crippen molar-refractivity contribution < 1.29 is 9.15 Å². The molecular formula is C17H28N2O2. The fourth-order valence-electron chi connectivity index (χ4n) is 3.34. The summed E-state index contributed by atoms with van der Waals surface area (Å²) in [5.74, 6) is 1.99. The Morgan fingerprint density at radius 3 is 2.86 bits per heavy atom. The molecule has 1 aromatic rings. The molecule has 2 fully saturated rings. The van der Waals surface area contributed by atoms with E-state index in [-0.39, 0.29) is 6.10 Å². The number of aromatic nitrogens is 1. The molecule has 0 amide bonds. The minimum Gasteiger partial charge on any atom is -0.447 e. The van der Waals surface area contributed by atoms with Crippen molar-refractivity contribution in [2.24, 2.45) is 17.8 Å². The maximum absolute atomic E-state index is 6.10. The second kappa shape index (κ2) is 6.39. The Bertz CT molecular complexity index is 453. The van der Waals surface area contributed by atoms with Gasteiger partial charge >= 0.3 is 6.08 Å². The third-order valence-electron chi connectivity index (χ3n) is 4.89. The van der Waals surface area contributed by atoms with Crippen molar-refractivity contribution in [3.8, 4) is 6.08 Å². The van der Waals surface area contributed by atoms with E-state index in [1.165, 1.54) is 25.7 Å². The zero-order valence-electron chi connectivity index (χ0n) is 13.5. The number of ether oxygens (including phenoxy) is 1. The Balaban J connectivity index is 1.57. The van der Waals surface area contributed by atoms with Crippen molar-refractivity contribution in [3.63, 3.8) is 0 Å². The minimum absolute atomic E-state index is 0.247. The van der Waals surface area contributed by atoms with Crippen LogP contribution in [-0.4, -0.2) is 17.1 Å². The van der Waals surface area contributed by atoms with E-state index >= 15 is 0 Å². The summed E-state index contributed by atoms with van der Waals surface area (Å²) in [5.41, 5.74) is 0.946. The van der Waals surface area contributed by atoms with Crippen LogP contribution in [0.25, 0.3) is 0 Å². The van der Waals surface area contributed by atoms with Crippen LogP contribution >= 0.6 is 0 Å². The maximum atomic E-state index is 6.10. The molecule has 3 rings (SSSR count). The van der Waals surface area contributed by atoms with Crippen LogP contribution in [0.4, 0.5) is 0 Å². The Hall–Kier alpha value is -1.03. The summed E-state index contributed by atoms with van der Waals surface area (Å²) in [5, 5.41) is 3.45. The molecule has 4 heteroatoms. The molecule has 0 radical (unpaired) electrons. The lowest BCUT2D eigenvalue weighted by atomic mass is 9.75. The van der Waals surface area contributed by atoms with Gasteiger partial charge in [0.1, 0.15) is 12.4 Å². The van der Waals surface area contributed by atoms with Crippen LogP contribution in [-0.2, 0) is 6.54 Å². The fraction of sp³-hybridized carbons (Fsp3) is 0.824. The second-order valence-electron chi connectivity index (χ2n) is 7.24. The van der Waals surface area contributed by atoms with E-state index in [2.05, 4.69) is 31.1 Å². The molecule has 0 bridgehead atoms. The standard InChI is InChI=1S/C17H28N2O2/c1-11(2)15-7-4-12(3)8-16(15)21-17-19-14(10-20-17)9-18-13-5-6-13/h10-13,15-16,18H,4-9H2,1-3H3. The molecule has 0 aromatic carbocycles. The summed E-state index contributed by atoms with van der Waals surface area (Å²) in [6, 6.07) is 0.690. The summed E-state index contributed by atoms with van der Waals surface area (Å²) < 4.78 is 11.6. The maximum Gasteiger partial charge on any atom is 0.394 e. The van der Waals surface area contributed by atoms with Gasteiger partial charge in [0.2, 0.25) is 0 Å². The Morgan fingerprint density at radius 1 is 1.33 bits per heavy atom. The molecule has 2 aliphatic carbocycles. The summed E-state index contributed by atoms with van der Waals surface area (Å²) >= 11 is 0. The summed E-state index contributed by atoms with van der Waals surface area (Å²) in [6.07, 6.45) is 8.67. The molecular weight excluding hydrogens is 264 g/mol. The summed E-state index contributed by atoms with van der Waals surface area (Å²) in [6.45, 7) is 7.68. The van der Waals surface area contributed by atoms with Crippen molar-refractivity contribution in [2.75, 3.05) is 0 Å². The molecule has 1 N–H and O–H groups in total. The van der Waals surface area contributed by atoms with Gasteiger partial charge in [-0.05, 0) is 43.4 Å².